The monoisotopic (exact) mass is 396 g/mol. The molecule has 0 unspecified atom stereocenters. The largest absolute Gasteiger partial charge is 0.483 e. The van der Waals surface area contributed by atoms with Crippen LogP contribution in [-0.4, -0.2) is 23.2 Å². The standard InChI is InChI=1S/C21H24N4O2S/c1-12(2)24-25-21-22-16-10-14(4)19(15(5)20(16)28-21)23-18(26)11-27-17-9-7-6-8-13(17)3/h6-10H,11H2,1-5H3,(H,22,25)(H,23,26). The van der Waals surface area contributed by atoms with Crippen molar-refractivity contribution >= 4 is 44.0 Å². The van der Waals surface area contributed by atoms with Crippen LogP contribution in [0, 0.1) is 20.8 Å². The second-order valence-electron chi connectivity index (χ2n) is 6.83. The lowest BCUT2D eigenvalue weighted by Crippen LogP contribution is -2.21. The van der Waals surface area contributed by atoms with Gasteiger partial charge < -0.3 is 10.1 Å². The summed E-state index contributed by atoms with van der Waals surface area (Å²) in [6.07, 6.45) is 0. The van der Waals surface area contributed by atoms with Crippen LogP contribution in [-0.2, 0) is 4.79 Å². The van der Waals surface area contributed by atoms with E-state index in [1.807, 2.05) is 65.0 Å². The Kier molecular flexibility index (Phi) is 5.94. The fourth-order valence-electron chi connectivity index (χ4n) is 2.82. The molecule has 0 spiro atoms. The van der Waals surface area contributed by atoms with Gasteiger partial charge in [-0.05, 0) is 63.4 Å². The van der Waals surface area contributed by atoms with Crippen LogP contribution in [0.3, 0.4) is 0 Å². The molecule has 0 aliphatic carbocycles. The van der Waals surface area contributed by atoms with E-state index in [2.05, 4.69) is 20.8 Å². The Balaban J connectivity index is 1.77. The van der Waals surface area contributed by atoms with E-state index in [1.165, 1.54) is 11.3 Å². The van der Waals surface area contributed by atoms with Crippen molar-refractivity contribution in [3.8, 4) is 5.75 Å². The van der Waals surface area contributed by atoms with Crippen molar-refractivity contribution in [2.75, 3.05) is 17.3 Å². The Morgan fingerprint density at radius 1 is 1.18 bits per heavy atom. The molecule has 146 valence electrons. The van der Waals surface area contributed by atoms with Gasteiger partial charge in [0.1, 0.15) is 5.75 Å². The molecule has 1 aromatic heterocycles. The minimum absolute atomic E-state index is 0.0399. The van der Waals surface area contributed by atoms with E-state index in [4.69, 9.17) is 4.74 Å². The zero-order valence-corrected chi connectivity index (χ0v) is 17.5. The molecule has 0 radical (unpaired) electrons. The molecule has 2 aromatic carbocycles. The van der Waals surface area contributed by atoms with Gasteiger partial charge in [-0.2, -0.15) is 5.10 Å². The van der Waals surface area contributed by atoms with Gasteiger partial charge in [0.2, 0.25) is 5.13 Å². The average Bonchev–Trinajstić information content (AvgIpc) is 3.06. The first-order valence-corrected chi connectivity index (χ1v) is 9.82. The molecule has 0 bridgehead atoms. The zero-order chi connectivity index (χ0) is 20.3. The fraction of sp³-hybridized carbons (Fsp3) is 0.286. The van der Waals surface area contributed by atoms with Crippen LogP contribution in [0.2, 0.25) is 0 Å². The van der Waals surface area contributed by atoms with Crippen LogP contribution < -0.4 is 15.5 Å². The first-order valence-electron chi connectivity index (χ1n) is 9.01. The minimum Gasteiger partial charge on any atom is -0.483 e. The average molecular weight is 397 g/mol. The highest BCUT2D eigenvalue weighted by Gasteiger charge is 2.15. The number of hydrogen-bond acceptors (Lipinski definition) is 6. The van der Waals surface area contributed by atoms with Gasteiger partial charge in [-0.1, -0.05) is 29.5 Å². The van der Waals surface area contributed by atoms with E-state index >= 15 is 0 Å². The maximum Gasteiger partial charge on any atom is 0.262 e. The summed E-state index contributed by atoms with van der Waals surface area (Å²) in [6, 6.07) is 9.62. The van der Waals surface area contributed by atoms with Crippen LogP contribution >= 0.6 is 11.3 Å². The van der Waals surface area contributed by atoms with Gasteiger partial charge in [0.15, 0.2) is 6.61 Å². The van der Waals surface area contributed by atoms with Gasteiger partial charge in [-0.15, -0.1) is 0 Å². The maximum absolute atomic E-state index is 12.4. The van der Waals surface area contributed by atoms with Gasteiger partial charge in [-0.3, -0.25) is 10.2 Å². The number of aromatic nitrogens is 1. The number of fused-ring (bicyclic) bond motifs is 1. The summed E-state index contributed by atoms with van der Waals surface area (Å²) in [5, 5.41) is 7.92. The van der Waals surface area contributed by atoms with Crippen LogP contribution in [0.1, 0.15) is 30.5 Å². The molecule has 0 atom stereocenters. The molecule has 6 nitrogen and oxygen atoms in total. The quantitative estimate of drug-likeness (QED) is 0.452. The molecule has 0 aliphatic heterocycles. The molecule has 1 heterocycles. The van der Waals surface area contributed by atoms with Crippen LogP contribution in [0.25, 0.3) is 10.2 Å². The lowest BCUT2D eigenvalue weighted by molar-refractivity contribution is -0.118. The number of anilines is 2. The summed E-state index contributed by atoms with van der Waals surface area (Å²) in [4.78, 5) is 17.0. The third-order valence-corrected chi connectivity index (χ3v) is 5.30. The molecule has 3 aromatic rings. The topological polar surface area (TPSA) is 75.6 Å². The number of para-hydroxylation sites is 1. The first-order chi connectivity index (χ1) is 13.3. The number of aryl methyl sites for hydroxylation is 3. The van der Waals surface area contributed by atoms with E-state index in [1.54, 1.807) is 0 Å². The van der Waals surface area contributed by atoms with E-state index in [9.17, 15) is 4.79 Å². The number of ether oxygens (including phenoxy) is 1. The predicted molar refractivity (Wildman–Crippen MR) is 117 cm³/mol. The molecule has 7 heteroatoms. The Morgan fingerprint density at radius 2 is 1.93 bits per heavy atom. The highest BCUT2D eigenvalue weighted by Crippen LogP contribution is 2.35. The number of nitrogens with zero attached hydrogens (tertiary/aromatic N) is 2. The number of amides is 1. The highest BCUT2D eigenvalue weighted by atomic mass is 32.1. The van der Waals surface area contributed by atoms with E-state index < -0.39 is 0 Å². The minimum atomic E-state index is -0.192. The number of thiazole rings is 1. The summed E-state index contributed by atoms with van der Waals surface area (Å²) in [5.41, 5.74) is 8.53. The number of rotatable bonds is 6. The third-order valence-electron chi connectivity index (χ3n) is 4.21. The van der Waals surface area contributed by atoms with E-state index in [0.29, 0.717) is 5.75 Å². The third kappa shape index (κ3) is 4.48. The Labute approximate surface area is 168 Å². The molecule has 0 fully saturated rings. The molecular formula is C21H24N4O2S. The van der Waals surface area contributed by atoms with Gasteiger partial charge >= 0.3 is 0 Å². The van der Waals surface area contributed by atoms with E-state index in [-0.39, 0.29) is 12.5 Å². The van der Waals surface area contributed by atoms with Crippen molar-refractivity contribution in [1.82, 2.24) is 4.98 Å². The smallest absolute Gasteiger partial charge is 0.262 e. The summed E-state index contributed by atoms with van der Waals surface area (Å²) >= 11 is 1.52. The Hall–Kier alpha value is -2.93. The Bertz CT molecular complexity index is 1050. The lowest BCUT2D eigenvalue weighted by Gasteiger charge is -2.13. The van der Waals surface area contributed by atoms with Crippen molar-refractivity contribution < 1.29 is 9.53 Å². The molecule has 0 saturated carbocycles. The lowest BCUT2D eigenvalue weighted by atomic mass is 10.1. The van der Waals surface area contributed by atoms with E-state index in [0.717, 1.165) is 43.4 Å². The molecule has 2 N–H and O–H groups in total. The second-order valence-corrected chi connectivity index (χ2v) is 7.83. The van der Waals surface area contributed by atoms with Gasteiger partial charge in [-0.25, -0.2) is 4.98 Å². The molecule has 0 aliphatic rings. The van der Waals surface area contributed by atoms with Crippen LogP contribution in [0.4, 0.5) is 10.8 Å². The fourth-order valence-corrected chi connectivity index (χ4v) is 3.71. The predicted octanol–water partition coefficient (Wildman–Crippen LogP) is 5.05. The molecule has 1 amide bonds. The summed E-state index contributed by atoms with van der Waals surface area (Å²) in [7, 11) is 0. The summed E-state index contributed by atoms with van der Waals surface area (Å²) < 4.78 is 6.67. The number of nitrogens with one attached hydrogen (secondary N) is 2. The van der Waals surface area contributed by atoms with Crippen molar-refractivity contribution in [1.29, 1.82) is 0 Å². The van der Waals surface area contributed by atoms with Crippen molar-refractivity contribution in [3.05, 3.63) is 47.0 Å². The number of hydrazone groups is 1. The van der Waals surface area contributed by atoms with Crippen LogP contribution in [0.5, 0.6) is 5.75 Å². The van der Waals surface area contributed by atoms with Gasteiger partial charge in [0.05, 0.1) is 10.2 Å². The maximum atomic E-state index is 12.4. The molecular weight excluding hydrogens is 372 g/mol. The van der Waals surface area contributed by atoms with Crippen molar-refractivity contribution in [3.63, 3.8) is 0 Å². The number of carbonyl (C=O) groups excluding carboxylic acids is 1. The molecule has 28 heavy (non-hydrogen) atoms. The highest BCUT2D eigenvalue weighted by molar-refractivity contribution is 7.22. The summed E-state index contributed by atoms with van der Waals surface area (Å²) in [6.45, 7) is 9.70. The zero-order valence-electron chi connectivity index (χ0n) is 16.7. The van der Waals surface area contributed by atoms with Crippen molar-refractivity contribution in [2.24, 2.45) is 5.10 Å². The molecule has 0 saturated heterocycles. The van der Waals surface area contributed by atoms with Crippen LogP contribution in [0.15, 0.2) is 35.4 Å². The number of carbonyl (C=O) groups is 1. The first kappa shape index (κ1) is 19.8. The number of benzene rings is 2. The van der Waals surface area contributed by atoms with Crippen molar-refractivity contribution in [2.45, 2.75) is 34.6 Å². The Morgan fingerprint density at radius 3 is 2.64 bits per heavy atom. The number of hydrogen-bond donors (Lipinski definition) is 2. The summed E-state index contributed by atoms with van der Waals surface area (Å²) in [5.74, 6) is 0.523. The molecule has 3 rings (SSSR count). The second kappa shape index (κ2) is 8.39. The van der Waals surface area contributed by atoms with Gasteiger partial charge in [0.25, 0.3) is 5.91 Å². The SMILES string of the molecule is CC(C)=NNc1nc2cc(C)c(NC(=O)COc3ccccc3C)c(C)c2s1. The normalized spacial score (nSPS) is 10.6. The van der Waals surface area contributed by atoms with Gasteiger partial charge in [0, 0.05) is 11.4 Å².